The maximum atomic E-state index is 12.2. The molecule has 48 heavy (non-hydrogen) atoms. The molecule has 2 aromatic rings. The maximum absolute atomic E-state index is 12.2. The number of rotatable bonds is 16. The Bertz CT molecular complexity index is 1860. The van der Waals surface area contributed by atoms with E-state index >= 15 is 0 Å². The van der Waals surface area contributed by atoms with Gasteiger partial charge in [-0.1, -0.05) is 18.9 Å². The van der Waals surface area contributed by atoms with Crippen molar-refractivity contribution < 1.29 is 50.6 Å². The molecule has 0 saturated carbocycles. The fraction of sp³-hybridized carbons (Fsp3) is 0.471. The number of aliphatic carboxylic acids is 1. The first-order chi connectivity index (χ1) is 22.5. The van der Waals surface area contributed by atoms with E-state index in [0.29, 0.717) is 62.7 Å². The molecule has 0 saturated heterocycles. The smallest absolute Gasteiger partial charge is 0.303 e. The number of aliphatic hydroxyl groups excluding tert-OH is 2. The summed E-state index contributed by atoms with van der Waals surface area (Å²) in [6, 6.07) is 8.94. The van der Waals surface area contributed by atoms with Crippen molar-refractivity contribution >= 4 is 43.3 Å². The van der Waals surface area contributed by atoms with Crippen LogP contribution in [0, 0.1) is 0 Å². The van der Waals surface area contributed by atoms with Gasteiger partial charge in [-0.3, -0.25) is 13.9 Å². The van der Waals surface area contributed by atoms with Crippen molar-refractivity contribution in [1.29, 1.82) is 0 Å². The van der Waals surface area contributed by atoms with E-state index in [9.17, 15) is 40.9 Å². The molecule has 2 aliphatic rings. The van der Waals surface area contributed by atoms with Gasteiger partial charge >= 0.3 is 5.97 Å². The lowest BCUT2D eigenvalue weighted by atomic mass is 9.77. The molecular formula is C34H45N2O10S2+. The van der Waals surface area contributed by atoms with E-state index in [1.54, 1.807) is 12.1 Å². The molecule has 12 nitrogen and oxygen atoms in total. The van der Waals surface area contributed by atoms with Crippen LogP contribution >= 0.6 is 0 Å². The quantitative estimate of drug-likeness (QED) is 0.0933. The zero-order chi connectivity index (χ0) is 35.5. The second kappa shape index (κ2) is 14.6. The highest BCUT2D eigenvalue weighted by molar-refractivity contribution is 7.86. The Hall–Kier alpha value is -3.40. The van der Waals surface area contributed by atoms with Crippen molar-refractivity contribution in [2.75, 3.05) is 31.2 Å². The largest absolute Gasteiger partial charge is 0.481 e. The van der Waals surface area contributed by atoms with Gasteiger partial charge in [-0.2, -0.15) is 21.4 Å². The molecule has 2 aliphatic heterocycles. The van der Waals surface area contributed by atoms with Gasteiger partial charge < -0.3 is 20.2 Å². The highest BCUT2D eigenvalue weighted by Crippen LogP contribution is 2.51. The summed E-state index contributed by atoms with van der Waals surface area (Å²) in [6.45, 7) is 6.64. The second-order valence-electron chi connectivity index (χ2n) is 13.0. The van der Waals surface area contributed by atoms with Crippen LogP contribution in [0.5, 0.6) is 0 Å². The molecule has 0 aliphatic carbocycles. The van der Waals surface area contributed by atoms with Crippen molar-refractivity contribution in [1.82, 2.24) is 0 Å². The van der Waals surface area contributed by atoms with E-state index < -0.39 is 37.0 Å². The average molecular weight is 706 g/mol. The van der Waals surface area contributed by atoms with E-state index in [1.165, 1.54) is 24.3 Å². The second-order valence-corrected chi connectivity index (χ2v) is 15.8. The standard InChI is InChI=1S/C34H44N2O10S2/c1-33(2)26-22-24(47(41,42)43)13-15-28(26)35(18-8-20-37)30(33)10-7-11-31-34(3,17-6-4-5-12-32(39)40)27-23-25(48(44,45)46)14-16-29(27)36(31)19-9-21-38/h7,10-11,13-16,22-23,37-38H,4-6,8-9,12,17-21H2,1-3H3,(H2-,39,40,41,42,43,44,45,46)/p+1. The molecule has 262 valence electrons. The van der Waals surface area contributed by atoms with Crippen LogP contribution in [0.25, 0.3) is 0 Å². The summed E-state index contributed by atoms with van der Waals surface area (Å²) < 4.78 is 69.8. The van der Waals surface area contributed by atoms with Crippen LogP contribution in [0.1, 0.15) is 76.8 Å². The summed E-state index contributed by atoms with van der Waals surface area (Å²) in [4.78, 5) is 12.7. The van der Waals surface area contributed by atoms with E-state index in [-0.39, 0.29) is 29.4 Å². The van der Waals surface area contributed by atoms with E-state index in [2.05, 4.69) is 0 Å². The lowest BCUT2D eigenvalue weighted by Crippen LogP contribution is -2.30. The number of nitrogens with zero attached hydrogens (tertiary/aromatic N) is 2. The Morgan fingerprint density at radius 1 is 0.854 bits per heavy atom. The Morgan fingerprint density at radius 2 is 1.48 bits per heavy atom. The fourth-order valence-corrected chi connectivity index (χ4v) is 7.89. The Labute approximate surface area is 282 Å². The summed E-state index contributed by atoms with van der Waals surface area (Å²) in [5.74, 6) is -0.872. The SMILES string of the molecule is CC1(C)C(/C=C/C=C2/N(CCCO)c3ccc(S(=O)(=O)O)cc3C2(C)CCCCCC(=O)O)=[N+](CCCO)c2ccc(S(=O)(=O)O)cc21. The number of hydrogen-bond donors (Lipinski definition) is 5. The van der Waals surface area contributed by atoms with E-state index in [1.807, 2.05) is 48.5 Å². The van der Waals surface area contributed by atoms with Gasteiger partial charge in [0.2, 0.25) is 5.69 Å². The first-order valence-electron chi connectivity index (χ1n) is 16.0. The van der Waals surface area contributed by atoms with Gasteiger partial charge in [-0.15, -0.1) is 0 Å². The van der Waals surface area contributed by atoms with Gasteiger partial charge in [0, 0.05) is 67.1 Å². The molecule has 14 heteroatoms. The molecule has 0 amide bonds. The Morgan fingerprint density at radius 3 is 2.08 bits per heavy atom. The molecule has 5 N–H and O–H groups in total. The minimum absolute atomic E-state index is 0.0452. The van der Waals surface area contributed by atoms with Crippen LogP contribution < -0.4 is 4.90 Å². The number of carbonyl (C=O) groups is 1. The zero-order valence-corrected chi connectivity index (χ0v) is 29.1. The lowest BCUT2D eigenvalue weighted by Gasteiger charge is -2.30. The van der Waals surface area contributed by atoms with Gasteiger partial charge in [0.1, 0.15) is 0 Å². The predicted octanol–water partition coefficient (Wildman–Crippen LogP) is 4.57. The molecule has 4 rings (SSSR count). The van der Waals surface area contributed by atoms with Crippen molar-refractivity contribution in [3.63, 3.8) is 0 Å². The molecule has 2 heterocycles. The summed E-state index contributed by atoms with van der Waals surface area (Å²) >= 11 is 0. The Kier molecular flexibility index (Phi) is 11.4. The predicted molar refractivity (Wildman–Crippen MR) is 181 cm³/mol. The van der Waals surface area contributed by atoms with Gasteiger partial charge in [-0.05, 0) is 82.0 Å². The number of carboxylic acid groups (broad SMARTS) is 1. The first-order valence-corrected chi connectivity index (χ1v) is 18.8. The number of fused-ring (bicyclic) bond motifs is 2. The highest BCUT2D eigenvalue weighted by Gasteiger charge is 2.46. The first kappa shape index (κ1) is 37.4. The monoisotopic (exact) mass is 705 g/mol. The fourth-order valence-electron chi connectivity index (χ4n) is 6.87. The minimum atomic E-state index is -4.50. The van der Waals surface area contributed by atoms with Crippen LogP contribution in [0.2, 0.25) is 0 Å². The number of allylic oxidation sites excluding steroid dienone is 4. The van der Waals surface area contributed by atoms with Gasteiger partial charge in [-0.25, -0.2) is 0 Å². The van der Waals surface area contributed by atoms with Gasteiger partial charge in [0.05, 0.1) is 15.2 Å². The third kappa shape index (κ3) is 7.74. The van der Waals surface area contributed by atoms with Crippen LogP contribution in [0.15, 0.2) is 70.1 Å². The maximum Gasteiger partial charge on any atom is 0.303 e. The topological polar surface area (TPSA) is 193 Å². The van der Waals surface area contributed by atoms with Gasteiger partial charge in [0.25, 0.3) is 20.2 Å². The third-order valence-corrected chi connectivity index (χ3v) is 11.0. The summed E-state index contributed by atoms with van der Waals surface area (Å²) in [6.07, 6.45) is 8.99. The molecule has 2 aromatic carbocycles. The molecule has 1 atom stereocenters. The number of hydrogen-bond acceptors (Lipinski definition) is 8. The van der Waals surface area contributed by atoms with Crippen LogP contribution in [0.4, 0.5) is 11.4 Å². The molecular weight excluding hydrogens is 661 g/mol. The Balaban J connectivity index is 1.83. The number of carboxylic acids is 1. The van der Waals surface area contributed by atoms with E-state index in [0.717, 1.165) is 22.8 Å². The molecule has 0 bridgehead atoms. The molecule has 0 fully saturated rings. The summed E-state index contributed by atoms with van der Waals surface area (Å²) in [5.41, 5.74) is 3.13. The molecule has 0 aromatic heterocycles. The zero-order valence-electron chi connectivity index (χ0n) is 27.5. The number of anilines is 1. The highest BCUT2D eigenvalue weighted by atomic mass is 32.2. The average Bonchev–Trinajstić information content (AvgIpc) is 3.36. The van der Waals surface area contributed by atoms with Crippen LogP contribution in [0.3, 0.4) is 0 Å². The van der Waals surface area contributed by atoms with Crippen molar-refractivity contribution in [2.24, 2.45) is 0 Å². The normalized spacial score (nSPS) is 19.8. The van der Waals surface area contributed by atoms with Gasteiger partial charge in [0.15, 0.2) is 12.3 Å². The minimum Gasteiger partial charge on any atom is -0.481 e. The third-order valence-electron chi connectivity index (χ3n) is 9.32. The van der Waals surface area contributed by atoms with Crippen LogP contribution in [-0.4, -0.2) is 83.8 Å². The molecule has 0 radical (unpaired) electrons. The molecule has 1 unspecified atom stereocenters. The van der Waals surface area contributed by atoms with Crippen LogP contribution in [-0.2, 0) is 35.9 Å². The molecule has 0 spiro atoms. The summed E-state index contributed by atoms with van der Waals surface area (Å²) in [7, 11) is -8.93. The number of aliphatic hydroxyl groups is 2. The lowest BCUT2D eigenvalue weighted by molar-refractivity contribution is -0.438. The van der Waals surface area contributed by atoms with E-state index in [4.69, 9.17) is 5.11 Å². The summed E-state index contributed by atoms with van der Waals surface area (Å²) in [5, 5.41) is 28.4. The number of benzene rings is 2. The van der Waals surface area contributed by atoms with Crippen molar-refractivity contribution in [3.8, 4) is 0 Å². The number of unbranched alkanes of at least 4 members (excludes halogenated alkanes) is 2. The van der Waals surface area contributed by atoms with Crippen molar-refractivity contribution in [3.05, 3.63) is 71.5 Å². The van der Waals surface area contributed by atoms with Crippen molar-refractivity contribution in [2.45, 2.75) is 86.3 Å².